The quantitative estimate of drug-likeness (QED) is 0.774. The van der Waals surface area contributed by atoms with Crippen LogP contribution in [0.4, 0.5) is 0 Å². The number of rotatable bonds is 4. The predicted molar refractivity (Wildman–Crippen MR) is 101 cm³/mol. The molecule has 5 heteroatoms. The largest absolute Gasteiger partial charge is 0.453 e. The summed E-state index contributed by atoms with van der Waals surface area (Å²) in [6.07, 6.45) is 3.60. The van der Waals surface area contributed by atoms with Crippen molar-refractivity contribution < 1.29 is 4.74 Å². The molecule has 4 rings (SSSR count). The lowest BCUT2D eigenvalue weighted by Crippen LogP contribution is -2.11. The summed E-state index contributed by atoms with van der Waals surface area (Å²) in [5.41, 5.74) is 4.92. The van der Waals surface area contributed by atoms with Crippen molar-refractivity contribution in [2.45, 2.75) is 52.0 Å². The van der Waals surface area contributed by atoms with Crippen molar-refractivity contribution in [2.24, 2.45) is 0 Å². The van der Waals surface area contributed by atoms with Gasteiger partial charge >= 0.3 is 0 Å². The summed E-state index contributed by atoms with van der Waals surface area (Å²) in [4.78, 5) is 0. The smallest absolute Gasteiger partial charge is 0.171 e. The predicted octanol–water partition coefficient (Wildman–Crippen LogP) is 5.03. The van der Waals surface area contributed by atoms with Crippen LogP contribution in [0.3, 0.4) is 0 Å². The summed E-state index contributed by atoms with van der Waals surface area (Å²) in [6, 6.07) is 6.69. The van der Waals surface area contributed by atoms with E-state index >= 15 is 0 Å². The summed E-state index contributed by atoms with van der Waals surface area (Å²) in [7, 11) is 0. The second kappa shape index (κ2) is 6.42. The maximum atomic E-state index is 9.27. The maximum absolute atomic E-state index is 9.27. The van der Waals surface area contributed by atoms with E-state index in [4.69, 9.17) is 9.84 Å². The van der Waals surface area contributed by atoms with E-state index in [0.29, 0.717) is 12.0 Å². The van der Waals surface area contributed by atoms with Crippen LogP contribution < -0.4 is 4.74 Å². The molecule has 2 fully saturated rings. The van der Waals surface area contributed by atoms with E-state index in [2.05, 4.69) is 17.7 Å². The van der Waals surface area contributed by atoms with Gasteiger partial charge in [-0.2, -0.15) is 22.1 Å². The fraction of sp³-hybridized carbons (Fsp3) is 0.500. The van der Waals surface area contributed by atoms with Gasteiger partial charge in [-0.05, 0) is 69.0 Å². The van der Waals surface area contributed by atoms with Gasteiger partial charge in [0.15, 0.2) is 5.75 Å². The van der Waals surface area contributed by atoms with Gasteiger partial charge in [-0.3, -0.25) is 4.68 Å². The Hall–Kier alpha value is -1.93. The highest BCUT2D eigenvalue weighted by molar-refractivity contribution is 7.99. The summed E-state index contributed by atoms with van der Waals surface area (Å²) in [6.45, 7) is 6.05. The Labute approximate surface area is 153 Å². The highest BCUT2D eigenvalue weighted by atomic mass is 32.2. The molecule has 0 N–H and O–H groups in total. The number of aromatic nitrogens is 2. The van der Waals surface area contributed by atoms with Crippen molar-refractivity contribution in [1.29, 1.82) is 5.26 Å². The van der Waals surface area contributed by atoms with E-state index in [1.54, 1.807) is 0 Å². The third-order valence-corrected chi connectivity index (χ3v) is 6.32. The minimum atomic E-state index is 0.490. The van der Waals surface area contributed by atoms with Crippen LogP contribution in [0, 0.1) is 32.1 Å². The molecule has 1 aliphatic heterocycles. The number of nitriles is 1. The molecule has 2 heterocycles. The molecule has 0 radical (unpaired) electrons. The van der Waals surface area contributed by atoms with Crippen molar-refractivity contribution in [3.05, 3.63) is 40.2 Å². The zero-order chi connectivity index (χ0) is 17.6. The van der Waals surface area contributed by atoms with Crippen LogP contribution in [0.5, 0.6) is 11.5 Å². The summed E-state index contributed by atoms with van der Waals surface area (Å²) < 4.78 is 8.54. The lowest BCUT2D eigenvalue weighted by atomic mass is 10.0. The summed E-state index contributed by atoms with van der Waals surface area (Å²) >= 11 is 2.00. The molecule has 25 heavy (non-hydrogen) atoms. The third kappa shape index (κ3) is 3.04. The standard InChI is InChI=1S/C20H23N3OS/c1-12-8-17(9-13(2)18(12)10-21)24-20-14(3)23(16-6-7-25-11-16)22-19(20)15-4-5-15/h8-9,15-16H,4-7,11H2,1-3H3. The monoisotopic (exact) mass is 353 g/mol. The number of nitrogens with zero attached hydrogens (tertiary/aromatic N) is 3. The van der Waals surface area contributed by atoms with Gasteiger partial charge in [-0.15, -0.1) is 0 Å². The van der Waals surface area contributed by atoms with Crippen LogP contribution in [0.25, 0.3) is 0 Å². The van der Waals surface area contributed by atoms with Crippen LogP contribution in [0.2, 0.25) is 0 Å². The summed E-state index contributed by atoms with van der Waals surface area (Å²) in [5.74, 6) is 4.64. The Morgan fingerprint density at radius 1 is 1.20 bits per heavy atom. The van der Waals surface area contributed by atoms with Crippen molar-refractivity contribution in [1.82, 2.24) is 9.78 Å². The minimum Gasteiger partial charge on any atom is -0.453 e. The van der Waals surface area contributed by atoms with Crippen LogP contribution in [-0.2, 0) is 0 Å². The zero-order valence-corrected chi connectivity index (χ0v) is 15.8. The van der Waals surface area contributed by atoms with Gasteiger partial charge in [-0.1, -0.05) is 0 Å². The van der Waals surface area contributed by atoms with Crippen molar-refractivity contribution in [2.75, 3.05) is 11.5 Å². The second-order valence-corrected chi connectivity index (χ2v) is 8.33. The van der Waals surface area contributed by atoms with Crippen LogP contribution in [-0.4, -0.2) is 21.3 Å². The molecule has 1 aromatic carbocycles. The molecular formula is C20H23N3OS. The van der Waals surface area contributed by atoms with E-state index in [1.807, 2.05) is 37.7 Å². The molecule has 0 bridgehead atoms. The van der Waals surface area contributed by atoms with Gasteiger partial charge in [0.05, 0.1) is 23.4 Å². The van der Waals surface area contributed by atoms with Crippen molar-refractivity contribution in [3.63, 3.8) is 0 Å². The maximum Gasteiger partial charge on any atom is 0.171 e. The van der Waals surface area contributed by atoms with Crippen LogP contribution in [0.15, 0.2) is 12.1 Å². The van der Waals surface area contributed by atoms with E-state index in [0.717, 1.165) is 45.3 Å². The molecule has 1 aromatic heterocycles. The number of thioether (sulfide) groups is 1. The van der Waals surface area contributed by atoms with Crippen LogP contribution in [0.1, 0.15) is 59.3 Å². The minimum absolute atomic E-state index is 0.490. The first-order valence-electron chi connectivity index (χ1n) is 8.94. The average Bonchev–Trinajstić information content (AvgIpc) is 3.17. The van der Waals surface area contributed by atoms with Crippen LogP contribution >= 0.6 is 11.8 Å². The van der Waals surface area contributed by atoms with E-state index < -0.39 is 0 Å². The fourth-order valence-corrected chi connectivity index (χ4v) is 4.81. The fourth-order valence-electron chi connectivity index (χ4n) is 3.62. The lowest BCUT2D eigenvalue weighted by molar-refractivity contribution is 0.460. The highest BCUT2D eigenvalue weighted by Gasteiger charge is 2.34. The molecule has 130 valence electrons. The van der Waals surface area contributed by atoms with E-state index in [1.165, 1.54) is 25.0 Å². The third-order valence-electron chi connectivity index (χ3n) is 5.17. The molecule has 1 aliphatic carbocycles. The van der Waals surface area contributed by atoms with E-state index in [9.17, 15) is 5.26 Å². The molecule has 1 atom stereocenters. The molecule has 4 nitrogen and oxygen atoms in total. The molecule has 1 unspecified atom stereocenters. The highest BCUT2D eigenvalue weighted by Crippen LogP contribution is 2.47. The SMILES string of the molecule is Cc1cc(Oc2c(C3CC3)nn(C3CCSC3)c2C)cc(C)c1C#N. The normalized spacial score (nSPS) is 19.8. The van der Waals surface area contributed by atoms with Gasteiger partial charge < -0.3 is 4.74 Å². The average molecular weight is 353 g/mol. The topological polar surface area (TPSA) is 50.8 Å². The molecule has 0 spiro atoms. The molecule has 2 aliphatic rings. The summed E-state index contributed by atoms with van der Waals surface area (Å²) in [5, 5.41) is 14.2. The first-order valence-corrected chi connectivity index (χ1v) is 10.1. The number of ether oxygens (including phenoxy) is 1. The second-order valence-electron chi connectivity index (χ2n) is 7.18. The van der Waals surface area contributed by atoms with Crippen molar-refractivity contribution >= 4 is 11.8 Å². The molecule has 1 saturated heterocycles. The van der Waals surface area contributed by atoms with Gasteiger partial charge in [0.25, 0.3) is 0 Å². The number of aryl methyl sites for hydroxylation is 2. The molecule has 2 aromatic rings. The van der Waals surface area contributed by atoms with Crippen molar-refractivity contribution in [3.8, 4) is 17.6 Å². The first kappa shape index (κ1) is 16.5. The number of hydrogen-bond acceptors (Lipinski definition) is 4. The van der Waals surface area contributed by atoms with Gasteiger partial charge in [0.2, 0.25) is 0 Å². The van der Waals surface area contributed by atoms with E-state index in [-0.39, 0.29) is 0 Å². The molecule has 1 saturated carbocycles. The Bertz CT molecular complexity index is 832. The lowest BCUT2D eigenvalue weighted by Gasteiger charge is -2.13. The zero-order valence-electron chi connectivity index (χ0n) is 15.0. The number of benzene rings is 1. The first-order chi connectivity index (χ1) is 12.1. The van der Waals surface area contributed by atoms with Gasteiger partial charge in [-0.25, -0.2) is 0 Å². The molecule has 0 amide bonds. The Balaban J connectivity index is 1.71. The Kier molecular flexibility index (Phi) is 4.24. The number of hydrogen-bond donors (Lipinski definition) is 0. The van der Waals surface area contributed by atoms with Gasteiger partial charge in [0.1, 0.15) is 11.4 Å². The molecular weight excluding hydrogens is 330 g/mol. The Morgan fingerprint density at radius 2 is 1.92 bits per heavy atom. The van der Waals surface area contributed by atoms with Gasteiger partial charge in [0, 0.05) is 11.7 Å². The Morgan fingerprint density at radius 3 is 2.48 bits per heavy atom.